The van der Waals surface area contributed by atoms with Crippen molar-refractivity contribution in [3.05, 3.63) is 46.2 Å². The van der Waals surface area contributed by atoms with Crippen molar-refractivity contribution in [1.82, 2.24) is 14.3 Å². The number of hydrogen-bond acceptors (Lipinski definition) is 5. The lowest BCUT2D eigenvalue weighted by atomic mass is 9.80. The number of carbonyl (C=O) groups is 1. The largest absolute Gasteiger partial charge is 0.491 e. The van der Waals surface area contributed by atoms with Crippen molar-refractivity contribution in [2.45, 2.75) is 46.2 Å². The van der Waals surface area contributed by atoms with Gasteiger partial charge >= 0.3 is 5.97 Å². The van der Waals surface area contributed by atoms with Crippen LogP contribution in [0, 0.1) is 5.41 Å². The van der Waals surface area contributed by atoms with Crippen molar-refractivity contribution in [2.24, 2.45) is 5.41 Å². The van der Waals surface area contributed by atoms with Crippen molar-refractivity contribution in [1.29, 1.82) is 0 Å². The molecule has 170 valence electrons. The highest BCUT2D eigenvalue weighted by atomic mass is 16.5. The van der Waals surface area contributed by atoms with Gasteiger partial charge in [-0.25, -0.2) is 4.79 Å². The lowest BCUT2D eigenvalue weighted by Gasteiger charge is -2.40. The Morgan fingerprint density at radius 2 is 2.09 bits per heavy atom. The van der Waals surface area contributed by atoms with Gasteiger partial charge in [-0.15, -0.1) is 0 Å². The van der Waals surface area contributed by atoms with Gasteiger partial charge in [0.1, 0.15) is 16.8 Å². The number of rotatable bonds is 8. The van der Waals surface area contributed by atoms with Crippen LogP contribution in [0.2, 0.25) is 0 Å². The number of fused-ring (bicyclic) bond motifs is 5. The summed E-state index contributed by atoms with van der Waals surface area (Å²) in [5.41, 5.74) is 1.35. The molecule has 0 saturated carbocycles. The minimum absolute atomic E-state index is 0.0610. The molecule has 0 radical (unpaired) electrons. The molecule has 32 heavy (non-hydrogen) atoms. The zero-order valence-corrected chi connectivity index (χ0v) is 18.9. The van der Waals surface area contributed by atoms with E-state index < -0.39 is 11.4 Å². The van der Waals surface area contributed by atoms with Crippen LogP contribution < -0.4 is 10.2 Å². The number of hydrogen-bond donors (Lipinski definition) is 1. The molecule has 0 amide bonds. The molecule has 8 nitrogen and oxygen atoms in total. The molecule has 0 saturated heterocycles. The van der Waals surface area contributed by atoms with Gasteiger partial charge in [-0.3, -0.25) is 9.48 Å². The summed E-state index contributed by atoms with van der Waals surface area (Å²) in [4.78, 5) is 24.3. The maximum Gasteiger partial charge on any atom is 0.341 e. The van der Waals surface area contributed by atoms with Crippen molar-refractivity contribution < 1.29 is 19.4 Å². The monoisotopic (exact) mass is 439 g/mol. The van der Waals surface area contributed by atoms with Crippen LogP contribution in [0.3, 0.4) is 0 Å². The molecule has 1 aliphatic rings. The van der Waals surface area contributed by atoms with Crippen molar-refractivity contribution in [3.63, 3.8) is 0 Å². The van der Waals surface area contributed by atoms with Gasteiger partial charge in [0.2, 0.25) is 0 Å². The Morgan fingerprint density at radius 1 is 1.31 bits per heavy atom. The Hall–Kier alpha value is -3.13. The number of ether oxygens (including phenoxy) is 2. The van der Waals surface area contributed by atoms with Gasteiger partial charge in [0.15, 0.2) is 5.43 Å². The van der Waals surface area contributed by atoms with Gasteiger partial charge in [0, 0.05) is 37.8 Å². The van der Waals surface area contributed by atoms with E-state index in [0.29, 0.717) is 31.2 Å². The number of carboxylic acid groups (broad SMARTS) is 1. The molecule has 4 rings (SSSR count). The fourth-order valence-corrected chi connectivity index (χ4v) is 4.30. The molecular weight excluding hydrogens is 410 g/mol. The average Bonchev–Trinajstić information content (AvgIpc) is 3.15. The molecule has 0 fully saturated rings. The van der Waals surface area contributed by atoms with Crippen LogP contribution in [-0.4, -0.2) is 45.7 Å². The standard InChI is InChI=1S/C24H29N3O5/c1-5-24(2,3)20-14-27-22(17-12-18(28)16(23(29)30)13-26(17)20)15-8-6-9-19(21(15)25-27)32-11-7-10-31-4/h6,8-9,12-13,20H,5,7,10-11,14H2,1-4H3,(H,29,30). The summed E-state index contributed by atoms with van der Waals surface area (Å²) in [7, 11) is 1.66. The first-order chi connectivity index (χ1) is 15.3. The molecule has 3 aromatic rings. The Morgan fingerprint density at radius 3 is 2.78 bits per heavy atom. The van der Waals surface area contributed by atoms with Gasteiger partial charge in [-0.2, -0.15) is 5.10 Å². The first-order valence-corrected chi connectivity index (χ1v) is 10.9. The lowest BCUT2D eigenvalue weighted by molar-refractivity contribution is 0.0693. The summed E-state index contributed by atoms with van der Waals surface area (Å²) < 4.78 is 15.0. The van der Waals surface area contributed by atoms with Gasteiger partial charge in [-0.05, 0) is 17.9 Å². The molecule has 0 spiro atoms. The Bertz CT molecular complexity index is 1220. The summed E-state index contributed by atoms with van der Waals surface area (Å²) in [5, 5.41) is 15.3. The zero-order chi connectivity index (χ0) is 23.0. The van der Waals surface area contributed by atoms with E-state index in [-0.39, 0.29) is 17.0 Å². The van der Waals surface area contributed by atoms with E-state index in [2.05, 4.69) is 20.8 Å². The van der Waals surface area contributed by atoms with Crippen LogP contribution in [0.4, 0.5) is 0 Å². The van der Waals surface area contributed by atoms with E-state index in [0.717, 1.165) is 29.4 Å². The number of nitrogens with zero attached hydrogens (tertiary/aromatic N) is 3. The van der Waals surface area contributed by atoms with Crippen molar-refractivity contribution in [3.8, 4) is 17.1 Å². The van der Waals surface area contributed by atoms with Crippen LogP contribution in [0.5, 0.6) is 5.75 Å². The molecule has 3 heterocycles. The second-order valence-electron chi connectivity index (χ2n) is 8.88. The molecule has 1 unspecified atom stereocenters. The summed E-state index contributed by atoms with van der Waals surface area (Å²) in [5.74, 6) is -0.531. The normalized spacial score (nSPS) is 15.4. The number of carboxylic acids is 1. The van der Waals surface area contributed by atoms with Crippen molar-refractivity contribution >= 4 is 16.9 Å². The van der Waals surface area contributed by atoms with E-state index >= 15 is 0 Å². The highest BCUT2D eigenvalue weighted by Gasteiger charge is 2.37. The fraction of sp³-hybridized carbons (Fsp3) is 0.458. The average molecular weight is 440 g/mol. The highest BCUT2D eigenvalue weighted by molar-refractivity contribution is 5.96. The van der Waals surface area contributed by atoms with E-state index in [1.165, 1.54) is 12.3 Å². The summed E-state index contributed by atoms with van der Waals surface area (Å²) in [6.07, 6.45) is 3.15. The maximum atomic E-state index is 12.6. The predicted octanol–water partition coefficient (Wildman–Crippen LogP) is 3.97. The van der Waals surface area contributed by atoms with Crippen LogP contribution in [0.15, 0.2) is 35.3 Å². The minimum Gasteiger partial charge on any atom is -0.491 e. The van der Waals surface area contributed by atoms with Crippen LogP contribution in [-0.2, 0) is 11.3 Å². The first-order valence-electron chi connectivity index (χ1n) is 10.9. The number of benzene rings is 1. The number of methoxy groups -OCH3 is 1. The third-order valence-electron chi connectivity index (χ3n) is 6.53. The second-order valence-corrected chi connectivity index (χ2v) is 8.88. The second kappa shape index (κ2) is 8.43. The smallest absolute Gasteiger partial charge is 0.341 e. The molecule has 1 aliphatic heterocycles. The van der Waals surface area contributed by atoms with Crippen LogP contribution in [0.25, 0.3) is 22.3 Å². The zero-order valence-electron chi connectivity index (χ0n) is 18.9. The number of aromatic nitrogens is 3. The topological polar surface area (TPSA) is 95.6 Å². The van der Waals surface area contributed by atoms with Crippen molar-refractivity contribution in [2.75, 3.05) is 20.3 Å². The lowest BCUT2D eigenvalue weighted by Crippen LogP contribution is -2.36. The molecule has 0 aliphatic carbocycles. The Labute approximate surface area is 186 Å². The molecule has 1 atom stereocenters. The Kier molecular flexibility index (Phi) is 5.81. The summed E-state index contributed by atoms with van der Waals surface area (Å²) in [6, 6.07) is 7.13. The number of aromatic carboxylic acids is 1. The minimum atomic E-state index is -1.21. The van der Waals surface area contributed by atoms with Gasteiger partial charge in [0.25, 0.3) is 0 Å². The molecule has 1 aromatic carbocycles. The summed E-state index contributed by atoms with van der Waals surface area (Å²) in [6.45, 7) is 8.12. The molecule has 8 heteroatoms. The van der Waals surface area contributed by atoms with Crippen LogP contribution in [0.1, 0.15) is 50.0 Å². The first kappa shape index (κ1) is 22.1. The third kappa shape index (κ3) is 3.68. The van der Waals surface area contributed by atoms with E-state index in [1.807, 2.05) is 27.4 Å². The molecular formula is C24H29N3O5. The van der Waals surface area contributed by atoms with E-state index in [1.54, 1.807) is 7.11 Å². The summed E-state index contributed by atoms with van der Waals surface area (Å²) >= 11 is 0. The quantitative estimate of drug-likeness (QED) is 0.534. The maximum absolute atomic E-state index is 12.6. The van der Waals surface area contributed by atoms with Gasteiger partial charge < -0.3 is 19.1 Å². The number of pyridine rings is 1. The Balaban J connectivity index is 1.90. The SMILES string of the molecule is CCC(C)(C)C1Cn2nc3c(OCCCOC)cccc3c2-c2cc(=O)c(C(=O)O)cn21. The predicted molar refractivity (Wildman–Crippen MR) is 121 cm³/mol. The van der Waals surface area contributed by atoms with E-state index in [9.17, 15) is 14.7 Å². The molecule has 2 aromatic heterocycles. The van der Waals surface area contributed by atoms with E-state index in [4.69, 9.17) is 14.6 Å². The van der Waals surface area contributed by atoms with Gasteiger partial charge in [0.05, 0.1) is 30.6 Å². The third-order valence-corrected chi connectivity index (χ3v) is 6.53. The molecule has 1 N–H and O–H groups in total. The van der Waals surface area contributed by atoms with Gasteiger partial charge in [-0.1, -0.05) is 32.9 Å². The fourth-order valence-electron chi connectivity index (χ4n) is 4.30. The molecule has 0 bridgehead atoms. The van der Waals surface area contributed by atoms with Crippen LogP contribution >= 0.6 is 0 Å². The highest BCUT2D eigenvalue weighted by Crippen LogP contribution is 2.44.